The van der Waals surface area contributed by atoms with Crippen molar-refractivity contribution in [2.75, 3.05) is 33.1 Å². The number of likely N-dealkylation sites (N-methyl/N-ethyl adjacent to an activating group) is 1. The van der Waals surface area contributed by atoms with E-state index in [2.05, 4.69) is 5.32 Å². The van der Waals surface area contributed by atoms with Crippen molar-refractivity contribution in [3.05, 3.63) is 53.6 Å². The summed E-state index contributed by atoms with van der Waals surface area (Å²) in [5.41, 5.74) is 3.09. The smallest absolute Gasteiger partial charge is 0.279 e. The summed E-state index contributed by atoms with van der Waals surface area (Å²) in [5.74, 6) is 1.40. The minimum atomic E-state index is -0.00294. The molecule has 0 aromatic heterocycles. The molecular formula is C19H25N2O3+. The van der Waals surface area contributed by atoms with Crippen molar-refractivity contribution in [3.8, 4) is 11.5 Å². The van der Waals surface area contributed by atoms with E-state index in [-0.39, 0.29) is 5.91 Å². The van der Waals surface area contributed by atoms with Crippen molar-refractivity contribution in [1.29, 1.82) is 0 Å². The van der Waals surface area contributed by atoms with E-state index in [1.54, 1.807) is 14.2 Å². The van der Waals surface area contributed by atoms with Crippen LogP contribution in [-0.2, 0) is 11.3 Å². The number of hydrogen-bond donors (Lipinski definition) is 2. The standard InChI is InChI=1S/C19H24N2O3/c1-14-5-8-16(9-6-14)20-19(22)13-21(2)12-15-7-10-17(23-3)18(11-15)24-4/h5-11H,12-13H2,1-4H3,(H,20,22)/p+1. The number of carbonyl (C=O) groups is 1. The quantitative estimate of drug-likeness (QED) is 0.812. The van der Waals surface area contributed by atoms with E-state index < -0.39 is 0 Å². The molecule has 1 unspecified atom stereocenters. The SMILES string of the molecule is COc1ccc(C[NH+](C)CC(=O)Nc2ccc(C)cc2)cc1OC. The number of rotatable bonds is 7. The van der Waals surface area contributed by atoms with Crippen LogP contribution in [0.4, 0.5) is 5.69 Å². The molecule has 0 aliphatic heterocycles. The maximum Gasteiger partial charge on any atom is 0.279 e. The molecule has 0 aliphatic carbocycles. The highest BCUT2D eigenvalue weighted by Gasteiger charge is 2.12. The lowest BCUT2D eigenvalue weighted by Gasteiger charge is -2.15. The van der Waals surface area contributed by atoms with Gasteiger partial charge in [0.1, 0.15) is 6.54 Å². The summed E-state index contributed by atoms with van der Waals surface area (Å²) in [4.78, 5) is 13.2. The molecule has 2 rings (SSSR count). The van der Waals surface area contributed by atoms with E-state index >= 15 is 0 Å². The Kier molecular flexibility index (Phi) is 6.21. The predicted octanol–water partition coefficient (Wildman–Crippen LogP) is 1.67. The first-order chi connectivity index (χ1) is 11.5. The number of nitrogens with one attached hydrogen (secondary N) is 2. The molecule has 0 spiro atoms. The van der Waals surface area contributed by atoms with E-state index in [0.717, 1.165) is 22.7 Å². The fourth-order valence-electron chi connectivity index (χ4n) is 2.52. The normalized spacial score (nSPS) is 11.7. The summed E-state index contributed by atoms with van der Waals surface area (Å²) in [6.07, 6.45) is 0. The van der Waals surface area contributed by atoms with Gasteiger partial charge in [-0.1, -0.05) is 17.7 Å². The molecule has 0 fully saturated rings. The van der Waals surface area contributed by atoms with Crippen molar-refractivity contribution in [2.45, 2.75) is 13.5 Å². The van der Waals surface area contributed by atoms with Crippen molar-refractivity contribution >= 4 is 11.6 Å². The summed E-state index contributed by atoms with van der Waals surface area (Å²) < 4.78 is 10.6. The molecular weight excluding hydrogens is 304 g/mol. The van der Waals surface area contributed by atoms with Crippen LogP contribution in [0.2, 0.25) is 0 Å². The summed E-state index contributed by atoms with van der Waals surface area (Å²) in [7, 11) is 5.23. The van der Waals surface area contributed by atoms with Crippen LogP contribution in [0.1, 0.15) is 11.1 Å². The first-order valence-electron chi connectivity index (χ1n) is 7.90. The number of hydrogen-bond acceptors (Lipinski definition) is 3. The molecule has 0 saturated heterocycles. The Balaban J connectivity index is 1.91. The van der Waals surface area contributed by atoms with Crippen molar-refractivity contribution in [3.63, 3.8) is 0 Å². The first-order valence-corrected chi connectivity index (χ1v) is 7.90. The first kappa shape index (κ1) is 17.8. The molecule has 0 bridgehead atoms. The summed E-state index contributed by atoms with van der Waals surface area (Å²) in [6, 6.07) is 13.6. The molecule has 0 saturated carbocycles. The Bertz CT molecular complexity index is 684. The molecule has 2 aromatic rings. The van der Waals surface area contributed by atoms with Crippen LogP contribution in [0, 0.1) is 6.92 Å². The highest BCUT2D eigenvalue weighted by Crippen LogP contribution is 2.27. The number of quaternary nitrogens is 1. The second kappa shape index (κ2) is 8.36. The summed E-state index contributed by atoms with van der Waals surface area (Å²) >= 11 is 0. The third-order valence-electron chi connectivity index (χ3n) is 3.75. The van der Waals surface area contributed by atoms with Gasteiger partial charge in [-0.2, -0.15) is 0 Å². The molecule has 0 radical (unpaired) electrons. The number of amides is 1. The van der Waals surface area contributed by atoms with Crippen molar-refractivity contribution in [1.82, 2.24) is 0 Å². The van der Waals surface area contributed by atoms with Crippen molar-refractivity contribution < 1.29 is 19.2 Å². The zero-order chi connectivity index (χ0) is 17.5. The fourth-order valence-corrected chi connectivity index (χ4v) is 2.52. The van der Waals surface area contributed by atoms with E-state index in [1.165, 1.54) is 5.56 Å². The Labute approximate surface area is 143 Å². The zero-order valence-electron chi connectivity index (χ0n) is 14.7. The Morgan fingerprint density at radius 1 is 1.04 bits per heavy atom. The van der Waals surface area contributed by atoms with E-state index in [0.29, 0.717) is 18.0 Å². The number of benzene rings is 2. The number of anilines is 1. The van der Waals surface area contributed by atoms with Gasteiger partial charge in [0.15, 0.2) is 18.0 Å². The Morgan fingerprint density at radius 3 is 2.33 bits per heavy atom. The van der Waals surface area contributed by atoms with Gasteiger partial charge in [0.2, 0.25) is 0 Å². The maximum absolute atomic E-state index is 12.1. The molecule has 1 amide bonds. The lowest BCUT2D eigenvalue weighted by molar-refractivity contribution is -0.885. The van der Waals surface area contributed by atoms with E-state index in [9.17, 15) is 4.79 Å². The van der Waals surface area contributed by atoms with Gasteiger partial charge in [0.05, 0.1) is 21.3 Å². The maximum atomic E-state index is 12.1. The summed E-state index contributed by atoms with van der Waals surface area (Å²) in [5, 5.41) is 2.92. The van der Waals surface area contributed by atoms with Gasteiger partial charge >= 0.3 is 0 Å². The summed E-state index contributed by atoms with van der Waals surface area (Å²) in [6.45, 7) is 3.14. The third-order valence-corrected chi connectivity index (χ3v) is 3.75. The lowest BCUT2D eigenvalue weighted by Crippen LogP contribution is -3.08. The molecule has 2 N–H and O–H groups in total. The Morgan fingerprint density at radius 2 is 1.71 bits per heavy atom. The van der Waals surface area contributed by atoms with E-state index in [4.69, 9.17) is 9.47 Å². The van der Waals surface area contributed by atoms with Gasteiger partial charge in [0.25, 0.3) is 5.91 Å². The largest absolute Gasteiger partial charge is 0.493 e. The molecule has 1 atom stereocenters. The number of carbonyl (C=O) groups excluding carboxylic acids is 1. The van der Waals surface area contributed by atoms with Crippen LogP contribution in [0.15, 0.2) is 42.5 Å². The molecule has 5 nitrogen and oxygen atoms in total. The number of methoxy groups -OCH3 is 2. The third kappa shape index (κ3) is 4.99. The van der Waals surface area contributed by atoms with Crippen LogP contribution in [0.25, 0.3) is 0 Å². The predicted molar refractivity (Wildman–Crippen MR) is 94.8 cm³/mol. The topological polar surface area (TPSA) is 52.0 Å². The van der Waals surface area contributed by atoms with Gasteiger partial charge in [-0.15, -0.1) is 0 Å². The molecule has 0 aliphatic rings. The zero-order valence-corrected chi connectivity index (χ0v) is 14.7. The van der Waals surface area contributed by atoms with E-state index in [1.807, 2.05) is 56.4 Å². The minimum absolute atomic E-state index is 0.00294. The average molecular weight is 329 g/mol. The van der Waals surface area contributed by atoms with Crippen LogP contribution >= 0.6 is 0 Å². The average Bonchev–Trinajstić information content (AvgIpc) is 2.56. The van der Waals surface area contributed by atoms with Crippen LogP contribution < -0.4 is 19.7 Å². The molecule has 2 aromatic carbocycles. The number of aryl methyl sites for hydroxylation is 1. The second-order valence-electron chi connectivity index (χ2n) is 5.91. The van der Waals surface area contributed by atoms with Crippen LogP contribution in [0.5, 0.6) is 11.5 Å². The van der Waals surface area contributed by atoms with Gasteiger partial charge < -0.3 is 19.7 Å². The fraction of sp³-hybridized carbons (Fsp3) is 0.316. The monoisotopic (exact) mass is 329 g/mol. The van der Waals surface area contributed by atoms with Gasteiger partial charge in [-0.05, 0) is 37.3 Å². The van der Waals surface area contributed by atoms with Gasteiger partial charge in [-0.25, -0.2) is 0 Å². The highest BCUT2D eigenvalue weighted by molar-refractivity contribution is 5.91. The molecule has 24 heavy (non-hydrogen) atoms. The van der Waals surface area contributed by atoms with Gasteiger partial charge in [-0.3, -0.25) is 4.79 Å². The van der Waals surface area contributed by atoms with Crippen LogP contribution in [-0.4, -0.2) is 33.7 Å². The van der Waals surface area contributed by atoms with Crippen LogP contribution in [0.3, 0.4) is 0 Å². The number of ether oxygens (including phenoxy) is 2. The Hall–Kier alpha value is -2.53. The minimum Gasteiger partial charge on any atom is -0.493 e. The highest BCUT2D eigenvalue weighted by atomic mass is 16.5. The molecule has 0 heterocycles. The molecule has 5 heteroatoms. The lowest BCUT2D eigenvalue weighted by atomic mass is 10.2. The molecule has 128 valence electrons. The van der Waals surface area contributed by atoms with Gasteiger partial charge in [0, 0.05) is 11.3 Å². The van der Waals surface area contributed by atoms with Crippen molar-refractivity contribution in [2.24, 2.45) is 0 Å². The second-order valence-corrected chi connectivity index (χ2v) is 5.91.